The molecule has 3 rings (SSSR count). The van der Waals surface area contributed by atoms with Crippen molar-refractivity contribution in [1.82, 2.24) is 19.7 Å². The van der Waals surface area contributed by atoms with Gasteiger partial charge in [-0.3, -0.25) is 4.68 Å². The normalized spacial score (nSPS) is 11.0. The summed E-state index contributed by atoms with van der Waals surface area (Å²) in [5, 5.41) is 4.86. The molecule has 0 fully saturated rings. The van der Waals surface area contributed by atoms with Crippen molar-refractivity contribution in [3.05, 3.63) is 42.1 Å². The Balaban J connectivity index is 1.90. The Labute approximate surface area is 121 Å². The summed E-state index contributed by atoms with van der Waals surface area (Å²) in [6.07, 6.45) is 1.65. The smallest absolute Gasteiger partial charge is 0.163 e. The summed E-state index contributed by atoms with van der Waals surface area (Å²) in [5.74, 6) is 0.745. The van der Waals surface area contributed by atoms with Gasteiger partial charge in [-0.2, -0.15) is 5.10 Å². The van der Waals surface area contributed by atoms with Gasteiger partial charge in [0.15, 0.2) is 11.5 Å². The SMILES string of the molecule is CN(Cc1nc(N)c2cnn(C)c2n1)c1ccc(F)cc1. The fraction of sp³-hybridized carbons (Fsp3) is 0.214. The van der Waals surface area contributed by atoms with Gasteiger partial charge < -0.3 is 10.6 Å². The van der Waals surface area contributed by atoms with E-state index in [-0.39, 0.29) is 5.82 Å². The molecule has 21 heavy (non-hydrogen) atoms. The fourth-order valence-corrected chi connectivity index (χ4v) is 2.16. The molecule has 3 aromatic rings. The van der Waals surface area contributed by atoms with Crippen molar-refractivity contribution in [2.24, 2.45) is 7.05 Å². The van der Waals surface area contributed by atoms with Gasteiger partial charge in [0.1, 0.15) is 11.6 Å². The first-order valence-electron chi connectivity index (χ1n) is 6.45. The van der Waals surface area contributed by atoms with Crippen LogP contribution in [0.1, 0.15) is 5.82 Å². The summed E-state index contributed by atoms with van der Waals surface area (Å²) in [4.78, 5) is 10.7. The third kappa shape index (κ3) is 2.49. The lowest BCUT2D eigenvalue weighted by Crippen LogP contribution is -2.19. The van der Waals surface area contributed by atoms with Crippen LogP contribution in [-0.2, 0) is 13.6 Å². The Morgan fingerprint density at radius 1 is 1.24 bits per heavy atom. The van der Waals surface area contributed by atoms with Crippen LogP contribution in [-0.4, -0.2) is 26.8 Å². The Morgan fingerprint density at radius 2 is 1.95 bits per heavy atom. The van der Waals surface area contributed by atoms with Gasteiger partial charge in [0, 0.05) is 19.8 Å². The molecule has 108 valence electrons. The number of hydrogen-bond acceptors (Lipinski definition) is 5. The number of halogens is 1. The summed E-state index contributed by atoms with van der Waals surface area (Å²) in [6, 6.07) is 6.26. The number of anilines is 2. The first-order chi connectivity index (χ1) is 10.0. The minimum atomic E-state index is -0.260. The Hall–Kier alpha value is -2.70. The zero-order chi connectivity index (χ0) is 15.0. The molecular formula is C14H15FN6. The molecule has 0 spiro atoms. The average molecular weight is 286 g/mol. The van der Waals surface area contributed by atoms with Crippen LogP contribution in [0, 0.1) is 5.82 Å². The van der Waals surface area contributed by atoms with Crippen molar-refractivity contribution in [3.8, 4) is 0 Å². The van der Waals surface area contributed by atoms with Gasteiger partial charge in [0.2, 0.25) is 0 Å². The van der Waals surface area contributed by atoms with Gasteiger partial charge in [-0.1, -0.05) is 0 Å². The summed E-state index contributed by atoms with van der Waals surface area (Å²) in [7, 11) is 3.70. The van der Waals surface area contributed by atoms with Crippen molar-refractivity contribution in [2.45, 2.75) is 6.54 Å². The van der Waals surface area contributed by atoms with Crippen molar-refractivity contribution in [3.63, 3.8) is 0 Å². The third-order valence-corrected chi connectivity index (χ3v) is 3.31. The summed E-state index contributed by atoms with van der Waals surface area (Å²) >= 11 is 0. The summed E-state index contributed by atoms with van der Waals surface area (Å²) < 4.78 is 14.6. The van der Waals surface area contributed by atoms with Crippen molar-refractivity contribution >= 4 is 22.5 Å². The first kappa shape index (κ1) is 13.3. The molecule has 2 heterocycles. The molecule has 7 heteroatoms. The quantitative estimate of drug-likeness (QED) is 0.793. The molecule has 0 amide bonds. The van der Waals surface area contributed by atoms with Gasteiger partial charge >= 0.3 is 0 Å². The topological polar surface area (TPSA) is 72.9 Å². The second kappa shape index (κ2) is 5.01. The van der Waals surface area contributed by atoms with Crippen LogP contribution in [0.5, 0.6) is 0 Å². The Bertz CT molecular complexity index is 780. The van der Waals surface area contributed by atoms with Crippen molar-refractivity contribution in [1.29, 1.82) is 0 Å². The lowest BCUT2D eigenvalue weighted by Gasteiger charge is -2.18. The highest BCUT2D eigenvalue weighted by Gasteiger charge is 2.11. The fourth-order valence-electron chi connectivity index (χ4n) is 2.16. The zero-order valence-corrected chi connectivity index (χ0v) is 11.8. The number of nitrogen functional groups attached to an aromatic ring is 1. The van der Waals surface area contributed by atoms with Crippen LogP contribution in [0.25, 0.3) is 11.0 Å². The molecule has 0 atom stereocenters. The Kier molecular flexibility index (Phi) is 3.17. The van der Waals surface area contributed by atoms with Gasteiger partial charge in [-0.25, -0.2) is 14.4 Å². The molecule has 0 radical (unpaired) electrons. The molecule has 0 saturated carbocycles. The van der Waals surface area contributed by atoms with E-state index in [9.17, 15) is 4.39 Å². The highest BCUT2D eigenvalue weighted by Crippen LogP contribution is 2.19. The molecular weight excluding hydrogens is 271 g/mol. The highest BCUT2D eigenvalue weighted by atomic mass is 19.1. The van der Waals surface area contributed by atoms with Crippen molar-refractivity contribution < 1.29 is 4.39 Å². The van der Waals surface area contributed by atoms with E-state index >= 15 is 0 Å². The van der Waals surface area contributed by atoms with E-state index in [0.29, 0.717) is 23.8 Å². The molecule has 0 unspecified atom stereocenters. The molecule has 6 nitrogen and oxygen atoms in total. The van der Waals surface area contributed by atoms with Gasteiger partial charge in [-0.05, 0) is 24.3 Å². The monoisotopic (exact) mass is 286 g/mol. The predicted molar refractivity (Wildman–Crippen MR) is 79.2 cm³/mol. The van der Waals surface area contributed by atoms with Crippen LogP contribution >= 0.6 is 0 Å². The summed E-state index contributed by atoms with van der Waals surface area (Å²) in [5.41, 5.74) is 7.51. The first-order valence-corrected chi connectivity index (χ1v) is 6.45. The number of nitrogens with two attached hydrogens (primary N) is 1. The predicted octanol–water partition coefficient (Wildman–Crippen LogP) is 1.72. The van der Waals surface area contributed by atoms with E-state index in [4.69, 9.17) is 5.73 Å². The molecule has 0 saturated heterocycles. The van der Waals surface area contributed by atoms with E-state index in [2.05, 4.69) is 15.1 Å². The van der Waals surface area contributed by atoms with Crippen LogP contribution in [0.2, 0.25) is 0 Å². The maximum Gasteiger partial charge on any atom is 0.163 e. The highest BCUT2D eigenvalue weighted by molar-refractivity contribution is 5.84. The summed E-state index contributed by atoms with van der Waals surface area (Å²) in [6.45, 7) is 0.469. The van der Waals surface area contributed by atoms with E-state index in [1.165, 1.54) is 12.1 Å². The lowest BCUT2D eigenvalue weighted by molar-refractivity contribution is 0.627. The second-order valence-electron chi connectivity index (χ2n) is 4.86. The molecule has 0 aliphatic carbocycles. The van der Waals surface area contributed by atoms with Gasteiger partial charge in [0.05, 0.1) is 18.1 Å². The molecule has 0 bridgehead atoms. The minimum Gasteiger partial charge on any atom is -0.383 e. The molecule has 0 aliphatic heterocycles. The van der Waals surface area contributed by atoms with Gasteiger partial charge in [-0.15, -0.1) is 0 Å². The second-order valence-corrected chi connectivity index (χ2v) is 4.86. The lowest BCUT2D eigenvalue weighted by atomic mass is 10.3. The standard InChI is InChI=1S/C14H15FN6/c1-20(10-5-3-9(15)4-6-10)8-12-18-13(16)11-7-17-21(2)14(11)19-12/h3-7H,8H2,1-2H3,(H2,16,18,19). The van der Waals surface area contributed by atoms with E-state index < -0.39 is 0 Å². The number of fused-ring (bicyclic) bond motifs is 1. The molecule has 2 N–H and O–H groups in total. The number of nitrogens with zero attached hydrogens (tertiary/aromatic N) is 5. The van der Waals surface area contributed by atoms with Crippen molar-refractivity contribution in [2.75, 3.05) is 17.7 Å². The third-order valence-electron chi connectivity index (χ3n) is 3.31. The van der Waals surface area contributed by atoms with Crippen LogP contribution in [0.4, 0.5) is 15.9 Å². The van der Waals surface area contributed by atoms with E-state index in [1.54, 1.807) is 23.0 Å². The number of hydrogen-bond donors (Lipinski definition) is 1. The Morgan fingerprint density at radius 3 is 2.67 bits per heavy atom. The maximum absolute atomic E-state index is 12.9. The molecule has 0 aliphatic rings. The van der Waals surface area contributed by atoms with Crippen LogP contribution < -0.4 is 10.6 Å². The number of aryl methyl sites for hydroxylation is 1. The largest absolute Gasteiger partial charge is 0.383 e. The number of rotatable bonds is 3. The number of aromatic nitrogens is 4. The molecule has 1 aromatic carbocycles. The molecule has 2 aromatic heterocycles. The maximum atomic E-state index is 12.9. The van der Waals surface area contributed by atoms with E-state index in [0.717, 1.165) is 11.1 Å². The van der Waals surface area contributed by atoms with E-state index in [1.807, 2.05) is 19.0 Å². The zero-order valence-electron chi connectivity index (χ0n) is 11.8. The van der Waals surface area contributed by atoms with Crippen LogP contribution in [0.15, 0.2) is 30.5 Å². The minimum absolute atomic E-state index is 0.260. The van der Waals surface area contributed by atoms with Gasteiger partial charge in [0.25, 0.3) is 0 Å². The van der Waals surface area contributed by atoms with Crippen LogP contribution in [0.3, 0.4) is 0 Å². The average Bonchev–Trinajstić information content (AvgIpc) is 2.82. The number of benzene rings is 1.